The van der Waals surface area contributed by atoms with Gasteiger partial charge in [0.2, 0.25) is 5.91 Å². The van der Waals surface area contributed by atoms with Crippen molar-refractivity contribution in [2.24, 2.45) is 0 Å². The first-order valence-electron chi connectivity index (χ1n) is 10.6. The third-order valence-electron chi connectivity index (χ3n) is 5.66. The largest absolute Gasteiger partial charge is 0.383 e. The second kappa shape index (κ2) is 10.2. The topological polar surface area (TPSA) is 45.7 Å². The van der Waals surface area contributed by atoms with Crippen LogP contribution in [0.2, 0.25) is 0 Å². The van der Waals surface area contributed by atoms with E-state index in [-0.39, 0.29) is 5.91 Å². The van der Waals surface area contributed by atoms with Gasteiger partial charge in [0.15, 0.2) is 0 Å². The Hall–Kier alpha value is -2.28. The zero-order chi connectivity index (χ0) is 20.8. The van der Waals surface area contributed by atoms with Crippen LogP contribution in [0.1, 0.15) is 29.3 Å². The number of aromatic nitrogens is 1. The molecule has 0 radical (unpaired) electrons. The first kappa shape index (κ1) is 21.0. The lowest BCUT2D eigenvalue weighted by molar-refractivity contribution is -0.134. The molecule has 1 aliphatic rings. The summed E-state index contributed by atoms with van der Waals surface area (Å²) in [5.41, 5.74) is 2.23. The van der Waals surface area contributed by atoms with Gasteiger partial charge in [-0.25, -0.2) is 4.98 Å². The number of fused-ring (bicyclic) bond motifs is 1. The lowest BCUT2D eigenvalue weighted by Crippen LogP contribution is -2.44. The van der Waals surface area contributed by atoms with Gasteiger partial charge in [0.05, 0.1) is 28.4 Å². The Bertz CT molecular complexity index is 926. The Kier molecular flexibility index (Phi) is 7.10. The van der Waals surface area contributed by atoms with Crippen LogP contribution in [0, 0.1) is 0 Å². The number of nitrogens with zero attached hydrogens (tertiary/aromatic N) is 3. The van der Waals surface area contributed by atoms with Gasteiger partial charge in [0, 0.05) is 32.7 Å². The van der Waals surface area contributed by atoms with Crippen molar-refractivity contribution in [3.63, 3.8) is 0 Å². The fraction of sp³-hybridized carbons (Fsp3) is 0.417. The summed E-state index contributed by atoms with van der Waals surface area (Å²) in [6.07, 6.45) is 2.24. The molecule has 1 aromatic heterocycles. The number of hydrogen-bond donors (Lipinski definition) is 0. The van der Waals surface area contributed by atoms with Crippen LogP contribution in [0.5, 0.6) is 0 Å². The van der Waals surface area contributed by atoms with Crippen molar-refractivity contribution in [2.45, 2.75) is 25.3 Å². The molecule has 158 valence electrons. The monoisotopic (exact) mass is 423 g/mol. The van der Waals surface area contributed by atoms with E-state index in [2.05, 4.69) is 35.2 Å². The van der Waals surface area contributed by atoms with E-state index in [0.29, 0.717) is 32.2 Å². The molecule has 1 fully saturated rings. The zero-order valence-corrected chi connectivity index (χ0v) is 18.3. The molecule has 2 aromatic carbocycles. The fourth-order valence-electron chi connectivity index (χ4n) is 4.05. The molecule has 0 N–H and O–H groups in total. The molecule has 0 aliphatic carbocycles. The summed E-state index contributed by atoms with van der Waals surface area (Å²) >= 11 is 1.79. The van der Waals surface area contributed by atoms with Gasteiger partial charge < -0.3 is 9.64 Å². The van der Waals surface area contributed by atoms with Gasteiger partial charge in [-0.2, -0.15) is 0 Å². The maximum Gasteiger partial charge on any atom is 0.237 e. The number of rotatable bonds is 8. The van der Waals surface area contributed by atoms with E-state index in [9.17, 15) is 4.79 Å². The van der Waals surface area contributed by atoms with E-state index < -0.39 is 0 Å². The van der Waals surface area contributed by atoms with Gasteiger partial charge in [-0.15, -0.1) is 11.3 Å². The Morgan fingerprint density at radius 2 is 2.00 bits per heavy atom. The quantitative estimate of drug-likeness (QED) is 0.546. The van der Waals surface area contributed by atoms with Crippen molar-refractivity contribution in [3.05, 3.63) is 65.2 Å². The average molecular weight is 424 g/mol. The zero-order valence-electron chi connectivity index (χ0n) is 17.5. The Morgan fingerprint density at radius 3 is 2.80 bits per heavy atom. The van der Waals surface area contributed by atoms with Gasteiger partial charge in [0.1, 0.15) is 0 Å². The summed E-state index contributed by atoms with van der Waals surface area (Å²) in [5.74, 6) is 0.575. The van der Waals surface area contributed by atoms with Crippen LogP contribution in [0.3, 0.4) is 0 Å². The number of benzene rings is 2. The number of carbonyl (C=O) groups excluding carboxylic acids is 1. The molecule has 0 saturated carbocycles. The molecule has 5 nitrogen and oxygen atoms in total. The number of hydrogen-bond acceptors (Lipinski definition) is 5. The minimum Gasteiger partial charge on any atom is -0.383 e. The first-order chi connectivity index (χ1) is 14.7. The van der Waals surface area contributed by atoms with E-state index in [1.54, 1.807) is 18.4 Å². The molecular weight excluding hydrogens is 394 g/mol. The van der Waals surface area contributed by atoms with Gasteiger partial charge in [0.25, 0.3) is 0 Å². The van der Waals surface area contributed by atoms with E-state index in [1.807, 2.05) is 29.2 Å². The maximum absolute atomic E-state index is 13.1. The van der Waals surface area contributed by atoms with Crippen molar-refractivity contribution in [1.82, 2.24) is 14.8 Å². The summed E-state index contributed by atoms with van der Waals surface area (Å²) in [4.78, 5) is 22.2. The molecule has 0 unspecified atom stereocenters. The van der Waals surface area contributed by atoms with Crippen LogP contribution in [0.25, 0.3) is 10.2 Å². The standard InChI is InChI=1S/C24H29N3O2S/c1-29-15-14-27(16-19-8-3-2-4-9-19)23(28)18-26-13-7-10-20(17-26)24-25-21-11-5-6-12-22(21)30-24/h2-6,8-9,11-12,20H,7,10,13-18H2,1H3/t20-/m0/s1. The van der Waals surface area contributed by atoms with E-state index in [1.165, 1.54) is 9.71 Å². The SMILES string of the molecule is COCCN(Cc1ccccc1)C(=O)CN1CCC[C@H](c2nc3ccccc3s2)C1. The predicted octanol–water partition coefficient (Wildman–Crippen LogP) is 4.15. The van der Waals surface area contributed by atoms with Crippen molar-refractivity contribution in [2.75, 3.05) is 39.9 Å². The summed E-state index contributed by atoms with van der Waals surface area (Å²) in [5, 5.41) is 1.20. The lowest BCUT2D eigenvalue weighted by Gasteiger charge is -2.33. The number of para-hydroxylation sites is 1. The van der Waals surface area contributed by atoms with Gasteiger partial charge in [-0.3, -0.25) is 9.69 Å². The van der Waals surface area contributed by atoms with Crippen LogP contribution in [-0.4, -0.2) is 60.6 Å². The normalized spacial score (nSPS) is 17.3. The molecule has 4 rings (SSSR count). The fourth-order valence-corrected chi connectivity index (χ4v) is 5.15. The Labute approximate surface area is 182 Å². The van der Waals surface area contributed by atoms with E-state index in [4.69, 9.17) is 9.72 Å². The van der Waals surface area contributed by atoms with Crippen LogP contribution < -0.4 is 0 Å². The molecule has 30 heavy (non-hydrogen) atoms. The Balaban J connectivity index is 1.40. The van der Waals surface area contributed by atoms with Crippen molar-refractivity contribution in [1.29, 1.82) is 0 Å². The third kappa shape index (κ3) is 5.25. The number of likely N-dealkylation sites (tertiary alicyclic amines) is 1. The molecule has 1 atom stereocenters. The number of thiazole rings is 1. The van der Waals surface area contributed by atoms with Gasteiger partial charge in [-0.1, -0.05) is 42.5 Å². The number of carbonyl (C=O) groups is 1. The average Bonchev–Trinajstić information content (AvgIpc) is 3.22. The van der Waals surface area contributed by atoms with Crippen LogP contribution in [-0.2, 0) is 16.1 Å². The van der Waals surface area contributed by atoms with Gasteiger partial charge in [-0.05, 0) is 37.1 Å². The number of methoxy groups -OCH3 is 1. The highest BCUT2D eigenvalue weighted by Gasteiger charge is 2.26. The lowest BCUT2D eigenvalue weighted by atomic mass is 9.98. The Morgan fingerprint density at radius 1 is 1.20 bits per heavy atom. The number of ether oxygens (including phenoxy) is 1. The summed E-state index contributed by atoms with van der Waals surface area (Å²) in [7, 11) is 1.68. The predicted molar refractivity (Wildman–Crippen MR) is 122 cm³/mol. The maximum atomic E-state index is 13.1. The molecule has 3 aromatic rings. The van der Waals surface area contributed by atoms with Crippen molar-refractivity contribution in [3.8, 4) is 0 Å². The van der Waals surface area contributed by atoms with Crippen LogP contribution in [0.4, 0.5) is 0 Å². The van der Waals surface area contributed by atoms with Crippen LogP contribution >= 0.6 is 11.3 Å². The highest BCUT2D eigenvalue weighted by Crippen LogP contribution is 2.32. The summed E-state index contributed by atoms with van der Waals surface area (Å²) < 4.78 is 6.48. The van der Waals surface area contributed by atoms with E-state index >= 15 is 0 Å². The van der Waals surface area contributed by atoms with Gasteiger partial charge >= 0.3 is 0 Å². The molecule has 2 heterocycles. The smallest absolute Gasteiger partial charge is 0.237 e. The number of piperidine rings is 1. The highest BCUT2D eigenvalue weighted by atomic mass is 32.1. The van der Waals surface area contributed by atoms with Crippen molar-refractivity contribution >= 4 is 27.5 Å². The van der Waals surface area contributed by atoms with Crippen LogP contribution in [0.15, 0.2) is 54.6 Å². The molecule has 0 spiro atoms. The molecule has 1 aliphatic heterocycles. The second-order valence-electron chi connectivity index (χ2n) is 7.89. The molecule has 6 heteroatoms. The highest BCUT2D eigenvalue weighted by molar-refractivity contribution is 7.18. The second-order valence-corrected chi connectivity index (χ2v) is 8.95. The molecule has 1 saturated heterocycles. The summed E-state index contributed by atoms with van der Waals surface area (Å²) in [6, 6.07) is 18.5. The molecular formula is C24H29N3O2S. The van der Waals surface area contributed by atoms with Crippen molar-refractivity contribution < 1.29 is 9.53 Å². The number of amides is 1. The first-order valence-corrected chi connectivity index (χ1v) is 11.4. The third-order valence-corrected chi connectivity index (χ3v) is 6.86. The minimum absolute atomic E-state index is 0.167. The summed E-state index contributed by atoms with van der Waals surface area (Å²) in [6.45, 7) is 4.11. The molecule has 1 amide bonds. The molecule has 0 bridgehead atoms. The van der Waals surface area contributed by atoms with E-state index in [0.717, 1.165) is 37.0 Å². The minimum atomic E-state index is 0.167.